The van der Waals surface area contributed by atoms with Crippen LogP contribution in [0, 0.1) is 0 Å². The number of rotatable bonds is 10. The molecule has 0 saturated carbocycles. The van der Waals surface area contributed by atoms with Gasteiger partial charge in [-0.25, -0.2) is 0 Å². The highest BCUT2D eigenvalue weighted by Crippen LogP contribution is 2.15. The quantitative estimate of drug-likeness (QED) is 0.568. The minimum absolute atomic E-state index is 0. The summed E-state index contributed by atoms with van der Waals surface area (Å²) in [7, 11) is 0. The Morgan fingerprint density at radius 3 is 2.41 bits per heavy atom. The Balaban J connectivity index is 0.00000441. The van der Waals surface area contributed by atoms with Gasteiger partial charge in [0.2, 0.25) is 0 Å². The molecule has 124 valence electrons. The first-order valence-corrected chi connectivity index (χ1v) is 7.97. The molecule has 0 amide bonds. The molecule has 0 aromatic heterocycles. The van der Waals surface area contributed by atoms with Crippen molar-refractivity contribution in [3.05, 3.63) is 35.9 Å². The summed E-state index contributed by atoms with van der Waals surface area (Å²) >= 11 is 1.67. The van der Waals surface area contributed by atoms with Crippen molar-refractivity contribution in [3.8, 4) is 0 Å². The Morgan fingerprint density at radius 1 is 1.23 bits per heavy atom. The number of hydrogen-bond donors (Lipinski definition) is 3. The predicted molar refractivity (Wildman–Crippen MR) is 93.8 cm³/mol. The summed E-state index contributed by atoms with van der Waals surface area (Å²) in [6, 6.07) is 9.17. The maximum atomic E-state index is 10.9. The highest BCUT2D eigenvalue weighted by molar-refractivity contribution is 8.93. The first-order chi connectivity index (χ1) is 9.99. The van der Waals surface area contributed by atoms with Crippen LogP contribution in [0.25, 0.3) is 0 Å². The normalized spacial score (nSPS) is 13.0. The van der Waals surface area contributed by atoms with E-state index in [0.717, 1.165) is 5.75 Å². The Bertz CT molecular complexity index is 458. The molecule has 0 heterocycles. The van der Waals surface area contributed by atoms with Gasteiger partial charge in [0.1, 0.15) is 6.04 Å². The third-order valence-corrected chi connectivity index (χ3v) is 4.17. The summed E-state index contributed by atoms with van der Waals surface area (Å²) < 4.78 is 0. The van der Waals surface area contributed by atoms with Crippen LogP contribution in [-0.4, -0.2) is 40.0 Å². The zero-order valence-electron chi connectivity index (χ0n) is 12.4. The molecule has 0 fully saturated rings. The van der Waals surface area contributed by atoms with Crippen LogP contribution in [0.5, 0.6) is 0 Å². The summed E-state index contributed by atoms with van der Waals surface area (Å²) in [6.07, 6.45) is 0.463. The molecule has 1 rings (SSSR count). The van der Waals surface area contributed by atoms with Gasteiger partial charge in [0.15, 0.2) is 0 Å². The van der Waals surface area contributed by atoms with Crippen LogP contribution < -0.4 is 5.32 Å². The molecule has 1 aromatic rings. The second kappa shape index (κ2) is 11.5. The van der Waals surface area contributed by atoms with Crippen LogP contribution in [0.3, 0.4) is 0 Å². The zero-order chi connectivity index (χ0) is 15.7. The topological polar surface area (TPSA) is 86.6 Å². The van der Waals surface area contributed by atoms with Crippen LogP contribution in [0.2, 0.25) is 0 Å². The Hall–Kier alpha value is -1.05. The lowest BCUT2D eigenvalue weighted by Crippen LogP contribution is -2.42. The van der Waals surface area contributed by atoms with E-state index in [1.54, 1.807) is 18.7 Å². The lowest BCUT2D eigenvalue weighted by molar-refractivity contribution is -0.139. The second-order valence-electron chi connectivity index (χ2n) is 4.86. The molecule has 5 nitrogen and oxygen atoms in total. The molecule has 0 spiro atoms. The fraction of sp³-hybridized carbons (Fsp3) is 0.467. The highest BCUT2D eigenvalue weighted by atomic mass is 79.9. The lowest BCUT2D eigenvalue weighted by atomic mass is 10.1. The van der Waals surface area contributed by atoms with Crippen molar-refractivity contribution in [2.45, 2.75) is 37.6 Å². The van der Waals surface area contributed by atoms with Crippen LogP contribution in [0.4, 0.5) is 0 Å². The number of hydrogen-bond acceptors (Lipinski definition) is 4. The standard InChI is InChI=1S/C15H21NO4S.BrH/c1-11(15(19)20)16-13(7-8-14(17)18)10-21-9-12-5-3-2-4-6-12;/h2-6,11,13,16H,7-10H2,1H3,(H,17,18)(H,19,20);1H/t11-,13-;/m1./s1. The number of aliphatic carboxylic acids is 2. The second-order valence-corrected chi connectivity index (χ2v) is 5.89. The van der Waals surface area contributed by atoms with Gasteiger partial charge in [-0.05, 0) is 18.9 Å². The summed E-state index contributed by atoms with van der Waals surface area (Å²) in [5.41, 5.74) is 1.20. The van der Waals surface area contributed by atoms with Crippen LogP contribution >= 0.6 is 28.7 Å². The number of nitrogens with one attached hydrogen (secondary N) is 1. The van der Waals surface area contributed by atoms with Crippen molar-refractivity contribution in [1.29, 1.82) is 0 Å². The molecule has 0 unspecified atom stereocenters. The SMILES string of the molecule is Br.C[C@@H](N[C@H](CCC(=O)O)CSCc1ccccc1)C(=O)O. The molecular weight excluding hydrogens is 370 g/mol. The van der Waals surface area contributed by atoms with Gasteiger partial charge >= 0.3 is 11.9 Å². The molecule has 22 heavy (non-hydrogen) atoms. The number of benzene rings is 1. The van der Waals surface area contributed by atoms with E-state index in [4.69, 9.17) is 10.2 Å². The van der Waals surface area contributed by atoms with Crippen LogP contribution in [-0.2, 0) is 15.3 Å². The number of halogens is 1. The monoisotopic (exact) mass is 391 g/mol. The van der Waals surface area contributed by atoms with E-state index in [1.165, 1.54) is 5.56 Å². The van der Waals surface area contributed by atoms with Gasteiger partial charge in [-0.15, -0.1) is 17.0 Å². The highest BCUT2D eigenvalue weighted by Gasteiger charge is 2.17. The van der Waals surface area contributed by atoms with Crippen molar-refractivity contribution in [2.75, 3.05) is 5.75 Å². The van der Waals surface area contributed by atoms with Gasteiger partial charge < -0.3 is 15.5 Å². The molecular formula is C15H22BrNO4S. The van der Waals surface area contributed by atoms with Crippen molar-refractivity contribution >= 4 is 40.7 Å². The molecule has 7 heteroatoms. The van der Waals surface area contributed by atoms with Crippen molar-refractivity contribution in [3.63, 3.8) is 0 Å². The van der Waals surface area contributed by atoms with Gasteiger partial charge in [-0.1, -0.05) is 30.3 Å². The lowest BCUT2D eigenvalue weighted by Gasteiger charge is -2.20. The number of carbonyl (C=O) groups is 2. The summed E-state index contributed by atoms with van der Waals surface area (Å²) in [5.74, 6) is -0.283. The van der Waals surface area contributed by atoms with E-state index in [2.05, 4.69) is 5.32 Å². The summed E-state index contributed by atoms with van der Waals surface area (Å²) in [6.45, 7) is 1.57. The number of carboxylic acids is 2. The van der Waals surface area contributed by atoms with Crippen molar-refractivity contribution in [2.24, 2.45) is 0 Å². The van der Waals surface area contributed by atoms with E-state index >= 15 is 0 Å². The Kier molecular flexibility index (Phi) is 11.0. The maximum Gasteiger partial charge on any atom is 0.320 e. The predicted octanol–water partition coefficient (Wildman–Crippen LogP) is 2.79. The van der Waals surface area contributed by atoms with E-state index in [0.29, 0.717) is 12.2 Å². The van der Waals surface area contributed by atoms with E-state index < -0.39 is 18.0 Å². The van der Waals surface area contributed by atoms with Gasteiger partial charge in [-0.3, -0.25) is 9.59 Å². The molecule has 3 N–H and O–H groups in total. The fourth-order valence-corrected chi connectivity index (χ4v) is 2.92. The number of carboxylic acid groups (broad SMARTS) is 2. The van der Waals surface area contributed by atoms with Crippen molar-refractivity contribution in [1.82, 2.24) is 5.32 Å². The largest absolute Gasteiger partial charge is 0.481 e. The van der Waals surface area contributed by atoms with Crippen LogP contribution in [0.15, 0.2) is 30.3 Å². The molecule has 0 radical (unpaired) electrons. The third kappa shape index (κ3) is 9.07. The minimum atomic E-state index is -0.927. The summed E-state index contributed by atoms with van der Waals surface area (Å²) in [4.78, 5) is 21.6. The minimum Gasteiger partial charge on any atom is -0.481 e. The molecule has 0 bridgehead atoms. The van der Waals surface area contributed by atoms with Crippen LogP contribution in [0.1, 0.15) is 25.3 Å². The molecule has 0 aliphatic carbocycles. The van der Waals surface area contributed by atoms with Gasteiger partial charge in [0.25, 0.3) is 0 Å². The van der Waals surface area contributed by atoms with Crippen molar-refractivity contribution < 1.29 is 19.8 Å². The number of thioether (sulfide) groups is 1. The fourth-order valence-electron chi connectivity index (χ4n) is 1.83. The van der Waals surface area contributed by atoms with E-state index in [9.17, 15) is 9.59 Å². The molecule has 1 aromatic carbocycles. The van der Waals surface area contributed by atoms with Gasteiger partial charge in [0, 0.05) is 24.0 Å². The summed E-state index contributed by atoms with van der Waals surface area (Å²) in [5, 5.41) is 20.7. The zero-order valence-corrected chi connectivity index (χ0v) is 14.9. The average molecular weight is 392 g/mol. The van der Waals surface area contributed by atoms with Gasteiger partial charge in [0.05, 0.1) is 0 Å². The van der Waals surface area contributed by atoms with E-state index in [-0.39, 0.29) is 29.4 Å². The average Bonchev–Trinajstić information content (AvgIpc) is 2.45. The van der Waals surface area contributed by atoms with E-state index in [1.807, 2.05) is 30.3 Å². The smallest absolute Gasteiger partial charge is 0.320 e. The Labute approximate surface area is 145 Å². The molecule has 0 saturated heterocycles. The van der Waals surface area contributed by atoms with Gasteiger partial charge in [-0.2, -0.15) is 11.8 Å². The molecule has 0 aliphatic heterocycles. The third-order valence-electron chi connectivity index (χ3n) is 2.99. The Morgan fingerprint density at radius 2 is 1.86 bits per heavy atom. The first kappa shape index (κ1) is 20.9. The molecule has 0 aliphatic rings. The first-order valence-electron chi connectivity index (χ1n) is 6.81. The molecule has 2 atom stereocenters. The maximum absolute atomic E-state index is 10.9.